The predicted molar refractivity (Wildman–Crippen MR) is 282 cm³/mol. The first-order valence-corrected chi connectivity index (χ1v) is 25.7. The molecule has 26 nitrogen and oxygen atoms in total. The van der Waals surface area contributed by atoms with Gasteiger partial charge in [-0.3, -0.25) is 38.4 Å². The van der Waals surface area contributed by atoms with E-state index in [1.807, 2.05) is 19.2 Å². The van der Waals surface area contributed by atoms with Crippen LogP contribution in [0.3, 0.4) is 0 Å². The quantitative estimate of drug-likeness (QED) is 0.0397. The van der Waals surface area contributed by atoms with Gasteiger partial charge < -0.3 is 73.8 Å². The van der Waals surface area contributed by atoms with Crippen LogP contribution in [-0.2, 0) is 65.6 Å². The van der Waals surface area contributed by atoms with Crippen LogP contribution in [-0.4, -0.2) is 158 Å². The van der Waals surface area contributed by atoms with Crippen molar-refractivity contribution >= 4 is 83.9 Å². The minimum Gasteiger partial charge on any atom is -0.481 e. The van der Waals surface area contributed by atoms with Crippen LogP contribution in [0.25, 0.3) is 0 Å². The van der Waals surface area contributed by atoms with Gasteiger partial charge in [0.2, 0.25) is 35.4 Å². The highest BCUT2D eigenvalue weighted by atomic mass is 32.1. The molecular formula is C51H73N9O17S. The Kier molecular flexibility index (Phi) is 27.8. The van der Waals surface area contributed by atoms with Crippen molar-refractivity contribution in [1.82, 2.24) is 42.5 Å². The first-order valence-electron chi connectivity index (χ1n) is 25.1. The van der Waals surface area contributed by atoms with E-state index in [0.29, 0.717) is 30.4 Å². The van der Waals surface area contributed by atoms with Gasteiger partial charge in [0.05, 0.1) is 6.42 Å². The molecule has 78 heavy (non-hydrogen) atoms. The number of thiol groups is 1. The molecule has 2 aromatic rings. The molecule has 0 saturated heterocycles. The summed E-state index contributed by atoms with van der Waals surface area (Å²) < 4.78 is 0. The highest BCUT2D eigenvalue weighted by molar-refractivity contribution is 7.80. The smallest absolute Gasteiger partial charge is 0.327 e. The van der Waals surface area contributed by atoms with E-state index < -0.39 is 150 Å². The van der Waals surface area contributed by atoms with Crippen molar-refractivity contribution in [2.24, 2.45) is 16.6 Å². The SMILES string of the molecule is CCC(C)(CCC(C)(CC)C(=O)NC(Cc1ccccc1)C(=O)NC(Cc1ccccc1)C(=O)NCC(N)C(=O)NC(CC(=O)O)C(=O)NC(CS)C(=O)O)CNC(=O)CCC(NC(=O)NC(CCC(=O)O)C(=O)O)C(=O)O. The van der Waals surface area contributed by atoms with Gasteiger partial charge in [-0.2, -0.15) is 12.6 Å². The number of urea groups is 1. The summed E-state index contributed by atoms with van der Waals surface area (Å²) in [5.41, 5.74) is 5.65. The molecule has 15 N–H and O–H groups in total. The second kappa shape index (κ2) is 32.7. The van der Waals surface area contributed by atoms with Crippen LogP contribution in [0.1, 0.15) is 96.6 Å². The van der Waals surface area contributed by atoms with Gasteiger partial charge in [-0.25, -0.2) is 19.2 Å². The monoisotopic (exact) mass is 1120 g/mol. The number of nitrogens with two attached hydrogens (primary N) is 1. The van der Waals surface area contributed by atoms with Crippen molar-refractivity contribution in [3.05, 3.63) is 71.8 Å². The minimum absolute atomic E-state index is 0.00744. The molecular weight excluding hydrogens is 1040 g/mol. The third-order valence-corrected chi connectivity index (χ3v) is 13.5. The first-order chi connectivity index (χ1) is 36.7. The Hall–Kier alpha value is -7.81. The van der Waals surface area contributed by atoms with E-state index in [-0.39, 0.29) is 44.4 Å². The Balaban J connectivity index is 2.24. The number of amides is 8. The molecule has 9 atom stereocenters. The van der Waals surface area contributed by atoms with Gasteiger partial charge in [-0.15, -0.1) is 0 Å². The van der Waals surface area contributed by atoms with E-state index >= 15 is 0 Å². The van der Waals surface area contributed by atoms with Crippen molar-refractivity contribution in [1.29, 1.82) is 0 Å². The van der Waals surface area contributed by atoms with Crippen molar-refractivity contribution in [3.63, 3.8) is 0 Å². The highest BCUT2D eigenvalue weighted by Gasteiger charge is 2.38. The fourth-order valence-electron chi connectivity index (χ4n) is 7.51. The Morgan fingerprint density at radius 1 is 0.538 bits per heavy atom. The molecule has 0 radical (unpaired) electrons. The minimum atomic E-state index is -1.75. The third kappa shape index (κ3) is 23.6. The van der Waals surface area contributed by atoms with Gasteiger partial charge >= 0.3 is 35.9 Å². The Morgan fingerprint density at radius 3 is 1.47 bits per heavy atom. The van der Waals surface area contributed by atoms with E-state index in [1.54, 1.807) is 74.5 Å². The Labute approximate surface area is 456 Å². The number of carboxylic acid groups (broad SMARTS) is 5. The van der Waals surface area contributed by atoms with E-state index in [0.717, 1.165) is 0 Å². The molecule has 9 unspecified atom stereocenters. The molecule has 0 spiro atoms. The van der Waals surface area contributed by atoms with Gasteiger partial charge in [-0.05, 0) is 55.1 Å². The lowest BCUT2D eigenvalue weighted by atomic mass is 9.73. The molecule has 2 rings (SSSR count). The molecule has 0 heterocycles. The second-order valence-corrected chi connectivity index (χ2v) is 19.7. The Bertz CT molecular complexity index is 2420. The summed E-state index contributed by atoms with van der Waals surface area (Å²) in [5.74, 6) is -12.4. The van der Waals surface area contributed by atoms with Gasteiger partial charge in [0.25, 0.3) is 0 Å². The van der Waals surface area contributed by atoms with E-state index in [1.165, 1.54) is 0 Å². The third-order valence-electron chi connectivity index (χ3n) is 13.2. The van der Waals surface area contributed by atoms with E-state index in [4.69, 9.17) is 10.8 Å². The largest absolute Gasteiger partial charge is 0.481 e. The van der Waals surface area contributed by atoms with Crippen molar-refractivity contribution in [2.75, 3.05) is 18.8 Å². The number of carbonyl (C=O) groups excluding carboxylic acids is 7. The number of rotatable bonds is 36. The summed E-state index contributed by atoms with van der Waals surface area (Å²) in [6, 6.07) is 5.57. The predicted octanol–water partition coefficient (Wildman–Crippen LogP) is -0.0768. The van der Waals surface area contributed by atoms with E-state index in [2.05, 4.69) is 49.8 Å². The summed E-state index contributed by atoms with van der Waals surface area (Å²) >= 11 is 3.86. The topological polar surface area (TPSA) is 428 Å². The summed E-state index contributed by atoms with van der Waals surface area (Å²) in [6.07, 6.45) is -1.29. The standard InChI is InChI=1S/C51H73N9O17S/c1-5-50(3,28-54-38(61)19-17-32(45(70)71)59-49(77)60-33(46(72)73)18-20-39(62)63)21-22-51(4,6-2)48(76)58-35(24-30-15-11-8-12-16-30)43(68)56-34(23-29-13-9-7-10-14-29)42(67)53-26-31(52)41(66)55-36(25-40(64)65)44(69)57-37(27-78)47(74)75/h7-16,31-37,78H,5-6,17-28,52H2,1-4H3,(H,53,67)(H,54,61)(H,55,66)(H,56,68)(H,57,69)(H,58,76)(H,62,63)(H,64,65)(H,70,71)(H,72,73)(H,74,75)(H2,59,60,77). The second-order valence-electron chi connectivity index (χ2n) is 19.3. The molecule has 0 bridgehead atoms. The number of nitrogens with one attached hydrogen (secondary N) is 8. The van der Waals surface area contributed by atoms with Crippen LogP contribution in [0.15, 0.2) is 60.7 Å². The molecule has 2 aromatic carbocycles. The summed E-state index contributed by atoms with van der Waals surface area (Å²) in [7, 11) is 0. The lowest BCUT2D eigenvalue weighted by molar-refractivity contribution is -0.143. The summed E-state index contributed by atoms with van der Waals surface area (Å²) in [6.45, 7) is 6.83. The zero-order valence-corrected chi connectivity index (χ0v) is 44.8. The van der Waals surface area contributed by atoms with E-state index in [9.17, 15) is 78.0 Å². The number of benzene rings is 2. The zero-order valence-electron chi connectivity index (χ0n) is 43.9. The van der Waals surface area contributed by atoms with Crippen LogP contribution in [0.4, 0.5) is 4.79 Å². The van der Waals surface area contributed by atoms with Crippen LogP contribution >= 0.6 is 12.6 Å². The van der Waals surface area contributed by atoms with Gasteiger partial charge in [-0.1, -0.05) is 88.4 Å². The number of hydrogen-bond acceptors (Lipinski definition) is 14. The fraction of sp³-hybridized carbons (Fsp3) is 0.529. The van der Waals surface area contributed by atoms with Crippen LogP contribution < -0.4 is 48.3 Å². The molecule has 0 fully saturated rings. The number of carbonyl (C=O) groups is 12. The summed E-state index contributed by atoms with van der Waals surface area (Å²) in [5, 5.41) is 65.9. The molecule has 27 heteroatoms. The maximum absolute atomic E-state index is 14.4. The van der Waals surface area contributed by atoms with Crippen LogP contribution in [0.5, 0.6) is 0 Å². The lowest BCUT2D eigenvalue weighted by Crippen LogP contribution is -2.59. The molecule has 430 valence electrons. The van der Waals surface area contributed by atoms with Crippen LogP contribution in [0, 0.1) is 10.8 Å². The Morgan fingerprint density at radius 2 is 1.01 bits per heavy atom. The average Bonchev–Trinajstić information content (AvgIpc) is 3.39. The highest BCUT2D eigenvalue weighted by Crippen LogP contribution is 2.36. The molecule has 0 aliphatic heterocycles. The summed E-state index contributed by atoms with van der Waals surface area (Å²) in [4.78, 5) is 151. The van der Waals surface area contributed by atoms with Crippen molar-refractivity contribution < 1.29 is 83.1 Å². The maximum atomic E-state index is 14.4. The van der Waals surface area contributed by atoms with Crippen molar-refractivity contribution in [3.8, 4) is 0 Å². The number of hydrogen-bond donors (Lipinski definition) is 15. The fourth-order valence-corrected chi connectivity index (χ4v) is 7.75. The van der Waals surface area contributed by atoms with Crippen LogP contribution in [0.2, 0.25) is 0 Å². The van der Waals surface area contributed by atoms with Gasteiger partial charge in [0.15, 0.2) is 0 Å². The number of aliphatic carboxylic acids is 5. The lowest BCUT2D eigenvalue weighted by Gasteiger charge is -2.35. The molecule has 0 aromatic heterocycles. The molecule has 8 amide bonds. The van der Waals surface area contributed by atoms with Crippen molar-refractivity contribution in [2.45, 2.75) is 141 Å². The van der Waals surface area contributed by atoms with Gasteiger partial charge in [0, 0.05) is 49.9 Å². The zero-order chi connectivity index (χ0) is 58.8. The molecule has 0 saturated carbocycles. The molecule has 0 aliphatic rings. The maximum Gasteiger partial charge on any atom is 0.327 e. The first kappa shape index (κ1) is 66.3. The average molecular weight is 1120 g/mol. The normalized spacial score (nSPS) is 15.2. The molecule has 0 aliphatic carbocycles. The van der Waals surface area contributed by atoms with Gasteiger partial charge in [0.1, 0.15) is 42.3 Å². The number of carboxylic acids is 5.